The summed E-state index contributed by atoms with van der Waals surface area (Å²) in [6.07, 6.45) is 3.98. The number of ether oxygens (including phenoxy) is 2. The molecule has 0 aliphatic carbocycles. The van der Waals surface area contributed by atoms with Crippen LogP contribution in [0.2, 0.25) is 0 Å². The van der Waals surface area contributed by atoms with Gasteiger partial charge in [-0.25, -0.2) is 4.98 Å². The Balaban J connectivity index is 1.83. The van der Waals surface area contributed by atoms with Crippen molar-refractivity contribution in [3.05, 3.63) is 52.5 Å². The Labute approximate surface area is 144 Å². The second-order valence-corrected chi connectivity index (χ2v) is 6.28. The molecule has 0 saturated carbocycles. The van der Waals surface area contributed by atoms with Crippen molar-refractivity contribution in [1.82, 2.24) is 4.98 Å². The Morgan fingerprint density at radius 1 is 1.17 bits per heavy atom. The van der Waals surface area contributed by atoms with Gasteiger partial charge in [-0.1, -0.05) is 18.2 Å². The molecule has 3 aromatic rings. The van der Waals surface area contributed by atoms with Gasteiger partial charge in [0.15, 0.2) is 18.1 Å². The van der Waals surface area contributed by atoms with Crippen LogP contribution in [0.3, 0.4) is 0 Å². The number of methoxy groups -OCH3 is 1. The monoisotopic (exact) mass is 336 g/mol. The van der Waals surface area contributed by atoms with Crippen molar-refractivity contribution in [3.63, 3.8) is 0 Å². The molecule has 0 saturated heterocycles. The predicted octanol–water partition coefficient (Wildman–Crippen LogP) is 4.69. The van der Waals surface area contributed by atoms with Crippen molar-refractivity contribution in [2.45, 2.75) is 6.92 Å². The second kappa shape index (κ2) is 7.16. The summed E-state index contributed by atoms with van der Waals surface area (Å²) in [6.45, 7) is 2.06. The van der Waals surface area contributed by atoms with Crippen LogP contribution in [0.15, 0.2) is 36.4 Å². The minimum atomic E-state index is -0.00331. The quantitative estimate of drug-likeness (QED) is 0.678. The van der Waals surface area contributed by atoms with Crippen LogP contribution in [0, 0.1) is 18.3 Å². The molecular formula is C19H16N2O2S. The fourth-order valence-corrected chi connectivity index (χ4v) is 3.16. The number of fused-ring (bicyclic) bond motifs is 1. The number of thiazole rings is 1. The lowest BCUT2D eigenvalue weighted by Crippen LogP contribution is -1.96. The van der Waals surface area contributed by atoms with Crippen molar-refractivity contribution in [2.24, 2.45) is 0 Å². The van der Waals surface area contributed by atoms with Gasteiger partial charge in [0.1, 0.15) is 11.1 Å². The number of nitrogens with zero attached hydrogens (tertiary/aromatic N) is 2. The highest BCUT2D eigenvalue weighted by Gasteiger charge is 2.05. The number of hydrogen-bond acceptors (Lipinski definition) is 5. The molecular weight excluding hydrogens is 320 g/mol. The summed E-state index contributed by atoms with van der Waals surface area (Å²) >= 11 is 1.66. The molecule has 3 rings (SSSR count). The Morgan fingerprint density at radius 2 is 2.04 bits per heavy atom. The SMILES string of the molecule is COc1cc(/C=C/c2nc3cc(C)ccc3s2)ccc1OCC#N. The van der Waals surface area contributed by atoms with Crippen LogP contribution in [0.5, 0.6) is 11.5 Å². The molecule has 24 heavy (non-hydrogen) atoms. The van der Waals surface area contributed by atoms with Crippen LogP contribution in [0.1, 0.15) is 16.1 Å². The van der Waals surface area contributed by atoms with Gasteiger partial charge in [0, 0.05) is 0 Å². The molecule has 0 aliphatic heterocycles. The highest BCUT2D eigenvalue weighted by atomic mass is 32.1. The van der Waals surface area contributed by atoms with E-state index in [4.69, 9.17) is 14.7 Å². The Hall–Kier alpha value is -2.84. The van der Waals surface area contributed by atoms with E-state index >= 15 is 0 Å². The number of rotatable bonds is 5. The van der Waals surface area contributed by atoms with E-state index in [1.807, 2.05) is 30.4 Å². The van der Waals surface area contributed by atoms with Crippen LogP contribution >= 0.6 is 11.3 Å². The molecule has 0 atom stereocenters. The van der Waals surface area contributed by atoms with Crippen molar-refractivity contribution >= 4 is 33.7 Å². The first kappa shape index (κ1) is 16.0. The number of benzene rings is 2. The van der Waals surface area contributed by atoms with Gasteiger partial charge in [0.2, 0.25) is 0 Å². The molecule has 0 radical (unpaired) electrons. The van der Waals surface area contributed by atoms with Gasteiger partial charge in [0.25, 0.3) is 0 Å². The smallest absolute Gasteiger partial charge is 0.174 e. The number of hydrogen-bond donors (Lipinski definition) is 0. The maximum atomic E-state index is 8.60. The number of nitriles is 1. The first-order chi connectivity index (χ1) is 11.7. The van der Waals surface area contributed by atoms with E-state index in [9.17, 15) is 0 Å². The third-order valence-corrected chi connectivity index (χ3v) is 4.46. The van der Waals surface area contributed by atoms with Gasteiger partial charge in [-0.3, -0.25) is 0 Å². The zero-order valence-corrected chi connectivity index (χ0v) is 14.3. The fraction of sp³-hybridized carbons (Fsp3) is 0.158. The third kappa shape index (κ3) is 3.55. The molecule has 0 aliphatic rings. The van der Waals surface area contributed by atoms with Crippen LogP contribution in [-0.4, -0.2) is 18.7 Å². The molecule has 0 N–H and O–H groups in total. The van der Waals surface area contributed by atoms with Crippen molar-refractivity contribution in [2.75, 3.05) is 13.7 Å². The largest absolute Gasteiger partial charge is 0.493 e. The Kier molecular flexibility index (Phi) is 4.78. The van der Waals surface area contributed by atoms with Gasteiger partial charge in [-0.15, -0.1) is 11.3 Å². The highest BCUT2D eigenvalue weighted by Crippen LogP contribution is 2.29. The van der Waals surface area contributed by atoms with E-state index in [0.717, 1.165) is 16.1 Å². The topological polar surface area (TPSA) is 55.1 Å². The van der Waals surface area contributed by atoms with E-state index in [-0.39, 0.29) is 6.61 Å². The van der Waals surface area contributed by atoms with Crippen molar-refractivity contribution in [1.29, 1.82) is 5.26 Å². The van der Waals surface area contributed by atoms with Gasteiger partial charge >= 0.3 is 0 Å². The fourth-order valence-electron chi connectivity index (χ4n) is 2.31. The lowest BCUT2D eigenvalue weighted by molar-refractivity contribution is 0.329. The average Bonchev–Trinajstić information content (AvgIpc) is 3.00. The standard InChI is InChI=1S/C19H16N2O2S/c1-13-3-7-18-15(11-13)21-19(24-18)8-5-14-4-6-16(23-10-9-20)17(12-14)22-2/h3-8,11-12H,10H2,1-2H3/b8-5+. The normalized spacial score (nSPS) is 10.9. The lowest BCUT2D eigenvalue weighted by atomic mass is 10.2. The summed E-state index contributed by atoms with van der Waals surface area (Å²) in [5.74, 6) is 1.17. The van der Waals surface area contributed by atoms with Crippen LogP contribution in [0.25, 0.3) is 22.4 Å². The van der Waals surface area contributed by atoms with E-state index in [0.29, 0.717) is 11.5 Å². The molecule has 0 bridgehead atoms. The van der Waals surface area contributed by atoms with Gasteiger partial charge < -0.3 is 9.47 Å². The second-order valence-electron chi connectivity index (χ2n) is 5.21. The molecule has 1 heterocycles. The van der Waals surface area contributed by atoms with Gasteiger partial charge in [0.05, 0.1) is 17.3 Å². The van der Waals surface area contributed by atoms with Crippen LogP contribution in [0.4, 0.5) is 0 Å². The zero-order chi connectivity index (χ0) is 16.9. The summed E-state index contributed by atoms with van der Waals surface area (Å²) in [5, 5.41) is 9.56. The summed E-state index contributed by atoms with van der Waals surface area (Å²) in [4.78, 5) is 4.63. The minimum absolute atomic E-state index is 0.00331. The Morgan fingerprint density at radius 3 is 2.83 bits per heavy atom. The average molecular weight is 336 g/mol. The molecule has 0 fully saturated rings. The molecule has 0 unspecified atom stereocenters. The van der Waals surface area contributed by atoms with Gasteiger partial charge in [-0.2, -0.15) is 5.26 Å². The molecule has 4 nitrogen and oxygen atoms in total. The highest BCUT2D eigenvalue weighted by molar-refractivity contribution is 7.19. The minimum Gasteiger partial charge on any atom is -0.493 e. The molecule has 0 amide bonds. The van der Waals surface area contributed by atoms with E-state index in [1.165, 1.54) is 10.3 Å². The summed E-state index contributed by atoms with van der Waals surface area (Å²) in [5.41, 5.74) is 3.21. The summed E-state index contributed by atoms with van der Waals surface area (Å²) < 4.78 is 11.8. The van der Waals surface area contributed by atoms with Crippen molar-refractivity contribution in [3.8, 4) is 17.6 Å². The number of aromatic nitrogens is 1. The van der Waals surface area contributed by atoms with Crippen molar-refractivity contribution < 1.29 is 9.47 Å². The maximum absolute atomic E-state index is 8.60. The van der Waals surface area contributed by atoms with E-state index < -0.39 is 0 Å². The molecule has 0 spiro atoms. The molecule has 1 aromatic heterocycles. The first-order valence-corrected chi connectivity index (χ1v) is 8.24. The summed E-state index contributed by atoms with van der Waals surface area (Å²) in [6, 6.07) is 13.8. The third-order valence-electron chi connectivity index (χ3n) is 3.46. The summed E-state index contributed by atoms with van der Waals surface area (Å²) in [7, 11) is 1.58. The molecule has 120 valence electrons. The van der Waals surface area contributed by atoms with Gasteiger partial charge in [-0.05, 0) is 48.4 Å². The predicted molar refractivity (Wildman–Crippen MR) is 97.4 cm³/mol. The number of aryl methyl sites for hydroxylation is 1. The molecule has 5 heteroatoms. The van der Waals surface area contributed by atoms with Crippen LogP contribution < -0.4 is 9.47 Å². The van der Waals surface area contributed by atoms with E-state index in [1.54, 1.807) is 24.5 Å². The van der Waals surface area contributed by atoms with E-state index in [2.05, 4.69) is 30.1 Å². The lowest BCUT2D eigenvalue weighted by Gasteiger charge is -2.08. The Bertz CT molecular complexity index is 938. The first-order valence-electron chi connectivity index (χ1n) is 7.42. The maximum Gasteiger partial charge on any atom is 0.174 e. The van der Waals surface area contributed by atoms with Crippen LogP contribution in [-0.2, 0) is 0 Å². The molecule has 2 aromatic carbocycles. The zero-order valence-electron chi connectivity index (χ0n) is 13.4.